The predicted octanol–water partition coefficient (Wildman–Crippen LogP) is 1.59. The van der Waals surface area contributed by atoms with Gasteiger partial charge in [0, 0.05) is 18.1 Å². The highest BCUT2D eigenvalue weighted by atomic mass is 15.3. The van der Waals surface area contributed by atoms with Crippen molar-refractivity contribution in [1.82, 2.24) is 19.7 Å². The molecule has 0 bridgehead atoms. The zero-order chi connectivity index (χ0) is 10.1. The number of aromatic nitrogens is 4. The third-order valence-corrected chi connectivity index (χ3v) is 2.07. The van der Waals surface area contributed by atoms with Gasteiger partial charge in [0.2, 0.25) is 0 Å². The second-order valence-corrected chi connectivity index (χ2v) is 3.30. The van der Waals surface area contributed by atoms with Gasteiger partial charge in [0.25, 0.3) is 0 Å². The average molecular weight is 188 g/mol. The summed E-state index contributed by atoms with van der Waals surface area (Å²) in [5.41, 5.74) is 2.96. The lowest BCUT2D eigenvalue weighted by Crippen LogP contribution is -2.05. The molecule has 4 nitrogen and oxygen atoms in total. The van der Waals surface area contributed by atoms with Crippen LogP contribution in [0.15, 0.2) is 18.5 Å². The zero-order valence-corrected chi connectivity index (χ0v) is 8.52. The fourth-order valence-electron chi connectivity index (χ4n) is 1.45. The molecule has 0 atom stereocenters. The highest BCUT2D eigenvalue weighted by Gasteiger charge is 2.07. The minimum atomic E-state index is 0.804. The van der Waals surface area contributed by atoms with Gasteiger partial charge in [-0.15, -0.1) is 0 Å². The molecule has 2 aromatic rings. The Balaban J connectivity index is 2.60. The van der Waals surface area contributed by atoms with Gasteiger partial charge >= 0.3 is 0 Å². The summed E-state index contributed by atoms with van der Waals surface area (Å²) in [6.45, 7) is 5.90. The van der Waals surface area contributed by atoms with Crippen LogP contribution in [-0.2, 0) is 0 Å². The number of rotatable bonds is 1. The van der Waals surface area contributed by atoms with E-state index in [4.69, 9.17) is 0 Å². The second kappa shape index (κ2) is 3.21. The summed E-state index contributed by atoms with van der Waals surface area (Å²) < 4.78 is 1.82. The molecule has 0 N–H and O–H groups in total. The Morgan fingerprint density at radius 1 is 1.07 bits per heavy atom. The summed E-state index contributed by atoms with van der Waals surface area (Å²) in [6.07, 6.45) is 3.36. The molecule has 0 saturated heterocycles. The Hall–Kier alpha value is -1.71. The van der Waals surface area contributed by atoms with E-state index in [1.807, 2.05) is 31.5 Å². The maximum atomic E-state index is 4.36. The molecule has 4 heteroatoms. The van der Waals surface area contributed by atoms with Crippen molar-refractivity contribution in [2.45, 2.75) is 20.8 Å². The second-order valence-electron chi connectivity index (χ2n) is 3.30. The SMILES string of the molecule is Cc1cc(C)n(-c2nccnc2C)n1. The average Bonchev–Trinajstić information content (AvgIpc) is 2.46. The minimum Gasteiger partial charge on any atom is -0.256 e. The van der Waals surface area contributed by atoms with Gasteiger partial charge < -0.3 is 0 Å². The first kappa shape index (κ1) is 8.87. The van der Waals surface area contributed by atoms with E-state index < -0.39 is 0 Å². The van der Waals surface area contributed by atoms with Gasteiger partial charge in [-0.1, -0.05) is 0 Å². The molecular weight excluding hydrogens is 176 g/mol. The van der Waals surface area contributed by atoms with Crippen molar-refractivity contribution in [3.63, 3.8) is 0 Å². The fourth-order valence-corrected chi connectivity index (χ4v) is 1.45. The number of hydrogen-bond donors (Lipinski definition) is 0. The number of nitrogens with zero attached hydrogens (tertiary/aromatic N) is 4. The van der Waals surface area contributed by atoms with E-state index in [-0.39, 0.29) is 0 Å². The van der Waals surface area contributed by atoms with E-state index in [9.17, 15) is 0 Å². The van der Waals surface area contributed by atoms with Crippen molar-refractivity contribution >= 4 is 0 Å². The summed E-state index contributed by atoms with van der Waals surface area (Å²) in [7, 11) is 0. The van der Waals surface area contributed by atoms with Crippen LogP contribution in [0.5, 0.6) is 0 Å². The molecular formula is C10H12N4. The van der Waals surface area contributed by atoms with Crippen molar-refractivity contribution < 1.29 is 0 Å². The number of hydrogen-bond acceptors (Lipinski definition) is 3. The molecule has 0 spiro atoms. The van der Waals surface area contributed by atoms with E-state index in [1.165, 1.54) is 0 Å². The maximum absolute atomic E-state index is 4.36. The van der Waals surface area contributed by atoms with Crippen LogP contribution in [0, 0.1) is 20.8 Å². The molecule has 14 heavy (non-hydrogen) atoms. The first-order valence-corrected chi connectivity index (χ1v) is 4.50. The fraction of sp³-hybridized carbons (Fsp3) is 0.300. The topological polar surface area (TPSA) is 43.6 Å². The Morgan fingerprint density at radius 3 is 2.36 bits per heavy atom. The summed E-state index contributed by atoms with van der Waals surface area (Å²) >= 11 is 0. The van der Waals surface area contributed by atoms with E-state index in [1.54, 1.807) is 12.4 Å². The summed E-state index contributed by atoms with van der Waals surface area (Å²) in [5.74, 6) is 0.804. The molecule has 0 aliphatic carbocycles. The van der Waals surface area contributed by atoms with Gasteiger partial charge in [0.15, 0.2) is 5.82 Å². The lowest BCUT2D eigenvalue weighted by Gasteiger charge is -2.04. The van der Waals surface area contributed by atoms with Crippen molar-refractivity contribution in [2.75, 3.05) is 0 Å². The Kier molecular flexibility index (Phi) is 2.04. The van der Waals surface area contributed by atoms with Crippen LogP contribution >= 0.6 is 0 Å². The van der Waals surface area contributed by atoms with Gasteiger partial charge in [0.05, 0.1) is 11.4 Å². The monoisotopic (exact) mass is 188 g/mol. The van der Waals surface area contributed by atoms with Gasteiger partial charge in [-0.2, -0.15) is 5.10 Å². The van der Waals surface area contributed by atoms with Gasteiger partial charge in [-0.3, -0.25) is 4.98 Å². The standard InChI is InChI=1S/C10H12N4/c1-7-6-8(2)14(13-7)10-9(3)11-4-5-12-10/h4-6H,1-3H3. The lowest BCUT2D eigenvalue weighted by atomic mass is 10.4. The van der Waals surface area contributed by atoms with Crippen LogP contribution in [0.3, 0.4) is 0 Å². The third kappa shape index (κ3) is 1.39. The Bertz CT molecular complexity index is 459. The van der Waals surface area contributed by atoms with E-state index in [0.717, 1.165) is 22.9 Å². The van der Waals surface area contributed by atoms with E-state index in [0.29, 0.717) is 0 Å². The molecule has 0 unspecified atom stereocenters. The summed E-state index contributed by atoms with van der Waals surface area (Å²) in [5, 5.41) is 4.36. The molecule has 2 aromatic heterocycles. The van der Waals surface area contributed by atoms with Crippen LogP contribution in [0.1, 0.15) is 17.1 Å². The molecule has 0 aromatic carbocycles. The third-order valence-electron chi connectivity index (χ3n) is 2.07. The van der Waals surface area contributed by atoms with Crippen LogP contribution in [0.25, 0.3) is 5.82 Å². The van der Waals surface area contributed by atoms with Crippen molar-refractivity contribution in [1.29, 1.82) is 0 Å². The van der Waals surface area contributed by atoms with Crippen molar-refractivity contribution in [2.24, 2.45) is 0 Å². The molecule has 0 radical (unpaired) electrons. The molecule has 72 valence electrons. The van der Waals surface area contributed by atoms with Crippen molar-refractivity contribution in [3.8, 4) is 5.82 Å². The highest BCUT2D eigenvalue weighted by molar-refractivity contribution is 5.28. The first-order chi connectivity index (χ1) is 6.68. The predicted molar refractivity (Wildman–Crippen MR) is 53.4 cm³/mol. The summed E-state index contributed by atoms with van der Waals surface area (Å²) in [6, 6.07) is 2.02. The minimum absolute atomic E-state index is 0.804. The molecule has 0 saturated carbocycles. The van der Waals surface area contributed by atoms with Crippen LogP contribution in [0.4, 0.5) is 0 Å². The van der Waals surface area contributed by atoms with Gasteiger partial charge in [-0.05, 0) is 26.8 Å². The Morgan fingerprint density at radius 2 is 1.79 bits per heavy atom. The first-order valence-electron chi connectivity index (χ1n) is 4.50. The Labute approximate surface area is 82.6 Å². The molecule has 2 heterocycles. The number of aryl methyl sites for hydroxylation is 3. The van der Waals surface area contributed by atoms with Crippen LogP contribution < -0.4 is 0 Å². The molecule has 0 fully saturated rings. The quantitative estimate of drug-likeness (QED) is 0.682. The molecule has 0 aliphatic heterocycles. The van der Waals surface area contributed by atoms with Crippen LogP contribution in [-0.4, -0.2) is 19.7 Å². The van der Waals surface area contributed by atoms with Crippen molar-refractivity contribution in [3.05, 3.63) is 35.5 Å². The molecule has 0 amide bonds. The summed E-state index contributed by atoms with van der Waals surface area (Å²) in [4.78, 5) is 8.44. The maximum Gasteiger partial charge on any atom is 0.175 e. The smallest absolute Gasteiger partial charge is 0.175 e. The van der Waals surface area contributed by atoms with E-state index >= 15 is 0 Å². The highest BCUT2D eigenvalue weighted by Crippen LogP contribution is 2.10. The van der Waals surface area contributed by atoms with Crippen LogP contribution in [0.2, 0.25) is 0 Å². The normalized spacial score (nSPS) is 10.5. The lowest BCUT2D eigenvalue weighted by molar-refractivity contribution is 0.788. The van der Waals surface area contributed by atoms with E-state index in [2.05, 4.69) is 15.1 Å². The molecule has 0 aliphatic rings. The van der Waals surface area contributed by atoms with Gasteiger partial charge in [0.1, 0.15) is 0 Å². The zero-order valence-electron chi connectivity index (χ0n) is 8.52. The largest absolute Gasteiger partial charge is 0.256 e. The molecule has 2 rings (SSSR count). The van der Waals surface area contributed by atoms with Gasteiger partial charge in [-0.25, -0.2) is 9.67 Å².